The van der Waals surface area contributed by atoms with E-state index in [1.807, 2.05) is 47.8 Å². The van der Waals surface area contributed by atoms with Crippen molar-refractivity contribution in [3.63, 3.8) is 0 Å². The summed E-state index contributed by atoms with van der Waals surface area (Å²) in [6, 6.07) is 25.4. The highest BCUT2D eigenvalue weighted by Gasteiger charge is 2.45. The minimum absolute atomic E-state index is 0.0185. The van der Waals surface area contributed by atoms with Gasteiger partial charge in [-0.15, -0.1) is 23.5 Å². The van der Waals surface area contributed by atoms with Crippen molar-refractivity contribution in [1.29, 1.82) is 0 Å². The van der Waals surface area contributed by atoms with Gasteiger partial charge < -0.3 is 10.6 Å². The Hall–Kier alpha value is -2.37. The molecule has 0 radical (unpaired) electrons. The van der Waals surface area contributed by atoms with Crippen molar-refractivity contribution in [1.82, 2.24) is 0 Å². The second-order valence-electron chi connectivity index (χ2n) is 8.03. The molecular weight excluding hydrogens is 432 g/mol. The van der Waals surface area contributed by atoms with Gasteiger partial charge in [0.05, 0.1) is 6.42 Å². The summed E-state index contributed by atoms with van der Waals surface area (Å²) >= 11 is 3.76. The molecule has 0 saturated heterocycles. The Labute approximate surface area is 199 Å². The number of rotatable bonds is 10. The normalized spacial score (nSPS) is 14.1. The summed E-state index contributed by atoms with van der Waals surface area (Å²) in [5, 5.41) is 6.38. The molecule has 1 amide bonds. The van der Waals surface area contributed by atoms with Gasteiger partial charge in [-0.3, -0.25) is 4.79 Å². The number of benzene rings is 3. The van der Waals surface area contributed by atoms with Gasteiger partial charge in [-0.25, -0.2) is 0 Å². The minimum Gasteiger partial charge on any atom is -0.385 e. The number of amides is 1. The largest absolute Gasteiger partial charge is 0.385 e. The lowest BCUT2D eigenvalue weighted by Crippen LogP contribution is -2.14. The molecule has 0 bridgehead atoms. The number of nitrogens with one attached hydrogen (secondary N) is 2. The number of thioether (sulfide) groups is 2. The van der Waals surface area contributed by atoms with Crippen molar-refractivity contribution in [3.05, 3.63) is 83.9 Å². The lowest BCUT2D eigenvalue weighted by atomic mass is 10.1. The van der Waals surface area contributed by atoms with Crippen molar-refractivity contribution in [2.45, 2.75) is 47.6 Å². The molecule has 4 rings (SSSR count). The molecule has 0 unspecified atom stereocenters. The Kier molecular flexibility index (Phi) is 7.48. The van der Waals surface area contributed by atoms with Crippen LogP contribution in [0, 0.1) is 0 Å². The molecule has 166 valence electrons. The zero-order valence-corrected chi connectivity index (χ0v) is 20.3. The third kappa shape index (κ3) is 5.90. The van der Waals surface area contributed by atoms with Crippen LogP contribution >= 0.6 is 23.5 Å². The van der Waals surface area contributed by atoms with Crippen molar-refractivity contribution in [3.8, 4) is 0 Å². The maximum Gasteiger partial charge on any atom is 0.228 e. The zero-order chi connectivity index (χ0) is 22.4. The molecule has 1 saturated carbocycles. The number of carbonyl (C=O) groups excluding carboxylic acids is 1. The van der Waals surface area contributed by atoms with Gasteiger partial charge >= 0.3 is 0 Å². The van der Waals surface area contributed by atoms with Gasteiger partial charge in [-0.2, -0.15) is 0 Å². The number of anilines is 2. The van der Waals surface area contributed by atoms with Gasteiger partial charge in [-0.05, 0) is 85.2 Å². The summed E-state index contributed by atoms with van der Waals surface area (Å²) in [6.45, 7) is 5.19. The average molecular weight is 463 g/mol. The van der Waals surface area contributed by atoms with E-state index in [2.05, 4.69) is 73.0 Å². The molecular formula is C27H30N2OS2. The summed E-state index contributed by atoms with van der Waals surface area (Å²) in [4.78, 5) is 15.0. The summed E-state index contributed by atoms with van der Waals surface area (Å²) < 4.78 is 0.167. The Morgan fingerprint density at radius 3 is 2.06 bits per heavy atom. The molecule has 3 nitrogen and oxygen atoms in total. The fraction of sp³-hybridized carbons (Fsp3) is 0.296. The second-order valence-corrected chi connectivity index (χ2v) is 10.8. The van der Waals surface area contributed by atoms with Gasteiger partial charge in [0.1, 0.15) is 0 Å². The van der Waals surface area contributed by atoms with E-state index in [4.69, 9.17) is 0 Å². The van der Waals surface area contributed by atoms with Crippen LogP contribution in [-0.4, -0.2) is 18.2 Å². The topological polar surface area (TPSA) is 41.1 Å². The SMILES string of the molecule is CCNc1ccc(SC2(c3ccc(NC(=O)Cc4ccc(SCC)cc4)cc3)CC2)cc1. The molecule has 3 aromatic rings. The molecule has 3 aromatic carbocycles. The minimum atomic E-state index is 0.0185. The van der Waals surface area contributed by atoms with Crippen molar-refractivity contribution < 1.29 is 4.79 Å². The van der Waals surface area contributed by atoms with Crippen LogP contribution in [0.15, 0.2) is 82.6 Å². The first-order valence-corrected chi connectivity index (χ1v) is 13.1. The van der Waals surface area contributed by atoms with Crippen LogP contribution in [0.1, 0.15) is 37.8 Å². The first-order valence-electron chi connectivity index (χ1n) is 11.3. The third-order valence-electron chi connectivity index (χ3n) is 5.55. The van der Waals surface area contributed by atoms with E-state index in [0.717, 1.165) is 29.2 Å². The van der Waals surface area contributed by atoms with E-state index in [-0.39, 0.29) is 10.7 Å². The standard InChI is InChI=1S/C27H30N2OS2/c1-3-28-22-11-15-25(16-12-22)32-27(17-18-27)21-7-9-23(10-8-21)29-26(30)19-20-5-13-24(14-6-20)31-4-2/h5-16,28H,3-4,17-19H2,1-2H3,(H,29,30). The number of hydrogen-bond donors (Lipinski definition) is 2. The maximum atomic E-state index is 12.5. The Morgan fingerprint density at radius 2 is 1.47 bits per heavy atom. The van der Waals surface area contributed by atoms with Crippen molar-refractivity contribution in [2.75, 3.05) is 22.9 Å². The van der Waals surface area contributed by atoms with Crippen LogP contribution in [0.25, 0.3) is 0 Å². The predicted molar refractivity (Wildman–Crippen MR) is 139 cm³/mol. The second kappa shape index (κ2) is 10.5. The molecule has 0 heterocycles. The van der Waals surface area contributed by atoms with Crippen LogP contribution in [0.3, 0.4) is 0 Å². The molecule has 1 aliphatic carbocycles. The molecule has 5 heteroatoms. The number of hydrogen-bond acceptors (Lipinski definition) is 4. The molecule has 1 aliphatic rings. The first kappa shape index (κ1) is 22.8. The third-order valence-corrected chi connectivity index (χ3v) is 7.98. The summed E-state index contributed by atoms with van der Waals surface area (Å²) in [7, 11) is 0. The van der Waals surface area contributed by atoms with E-state index in [0.29, 0.717) is 6.42 Å². The fourth-order valence-electron chi connectivity index (χ4n) is 3.75. The highest BCUT2D eigenvalue weighted by atomic mass is 32.2. The summed E-state index contributed by atoms with van der Waals surface area (Å²) in [5.74, 6) is 1.07. The molecule has 2 N–H and O–H groups in total. The van der Waals surface area contributed by atoms with Gasteiger partial charge in [0.15, 0.2) is 0 Å². The smallest absolute Gasteiger partial charge is 0.228 e. The van der Waals surface area contributed by atoms with E-state index < -0.39 is 0 Å². The predicted octanol–water partition coefficient (Wildman–Crippen LogP) is 7.19. The highest BCUT2D eigenvalue weighted by Crippen LogP contribution is 2.59. The average Bonchev–Trinajstić information content (AvgIpc) is 3.58. The Balaban J connectivity index is 1.33. The number of carbonyl (C=O) groups is 1. The van der Waals surface area contributed by atoms with E-state index in [9.17, 15) is 4.79 Å². The van der Waals surface area contributed by atoms with Crippen LogP contribution in [-0.2, 0) is 16.0 Å². The quantitative estimate of drug-likeness (QED) is 0.313. The van der Waals surface area contributed by atoms with Gasteiger partial charge in [0.2, 0.25) is 5.91 Å². The molecule has 1 fully saturated rings. The maximum absolute atomic E-state index is 12.5. The molecule has 0 aliphatic heterocycles. The summed E-state index contributed by atoms with van der Waals surface area (Å²) in [5.41, 5.74) is 4.39. The zero-order valence-electron chi connectivity index (χ0n) is 18.7. The Morgan fingerprint density at radius 1 is 0.844 bits per heavy atom. The lowest BCUT2D eigenvalue weighted by Gasteiger charge is -2.16. The van der Waals surface area contributed by atoms with Crippen molar-refractivity contribution in [2.24, 2.45) is 0 Å². The highest BCUT2D eigenvalue weighted by molar-refractivity contribution is 8.00. The van der Waals surface area contributed by atoms with Gasteiger partial charge in [0.25, 0.3) is 0 Å². The van der Waals surface area contributed by atoms with Crippen molar-refractivity contribution >= 4 is 40.8 Å². The van der Waals surface area contributed by atoms with Gasteiger partial charge in [0, 0.05) is 32.5 Å². The molecule has 0 atom stereocenters. The van der Waals surface area contributed by atoms with E-state index in [1.54, 1.807) is 0 Å². The van der Waals surface area contributed by atoms with E-state index in [1.165, 1.54) is 28.2 Å². The van der Waals surface area contributed by atoms with E-state index >= 15 is 0 Å². The molecule has 0 spiro atoms. The van der Waals surface area contributed by atoms with Crippen LogP contribution < -0.4 is 10.6 Å². The lowest BCUT2D eigenvalue weighted by molar-refractivity contribution is -0.115. The Bertz CT molecular complexity index is 1030. The first-order chi connectivity index (χ1) is 15.6. The fourth-order valence-corrected chi connectivity index (χ4v) is 5.70. The summed E-state index contributed by atoms with van der Waals surface area (Å²) in [6.07, 6.45) is 2.76. The van der Waals surface area contributed by atoms with Crippen LogP contribution in [0.5, 0.6) is 0 Å². The van der Waals surface area contributed by atoms with Crippen LogP contribution in [0.2, 0.25) is 0 Å². The monoisotopic (exact) mass is 462 g/mol. The van der Waals surface area contributed by atoms with Gasteiger partial charge in [-0.1, -0.05) is 31.2 Å². The molecule has 0 aromatic heterocycles. The molecule has 32 heavy (non-hydrogen) atoms. The van der Waals surface area contributed by atoms with Crippen LogP contribution in [0.4, 0.5) is 11.4 Å².